The minimum Gasteiger partial charge on any atom is -0.384 e. The number of carbonyl (C=O) groups excluding carboxylic acids is 2. The maximum absolute atomic E-state index is 13.0. The number of carbonyl (C=O) groups is 2. The Balaban J connectivity index is 1.26. The first-order chi connectivity index (χ1) is 18.0. The Morgan fingerprint density at radius 1 is 1.16 bits per heavy atom. The second kappa shape index (κ2) is 9.96. The van der Waals surface area contributed by atoms with Gasteiger partial charge in [-0.05, 0) is 93.2 Å². The average molecular weight is 531 g/mol. The number of alkyl halides is 3. The summed E-state index contributed by atoms with van der Waals surface area (Å²) >= 11 is 0. The molecule has 204 valence electrons. The summed E-state index contributed by atoms with van der Waals surface area (Å²) in [6.07, 6.45) is 1.04. The van der Waals surface area contributed by atoms with Gasteiger partial charge in [-0.25, -0.2) is 0 Å². The molecule has 0 radical (unpaired) electrons. The van der Waals surface area contributed by atoms with Gasteiger partial charge in [0.15, 0.2) is 0 Å². The van der Waals surface area contributed by atoms with E-state index in [0.717, 1.165) is 43.5 Å². The highest BCUT2D eigenvalue weighted by Crippen LogP contribution is 2.57. The van der Waals surface area contributed by atoms with Crippen molar-refractivity contribution in [3.8, 4) is 0 Å². The van der Waals surface area contributed by atoms with Gasteiger partial charge in [0.1, 0.15) is 5.60 Å². The van der Waals surface area contributed by atoms with Crippen molar-refractivity contribution >= 4 is 11.8 Å². The molecule has 38 heavy (non-hydrogen) atoms. The summed E-state index contributed by atoms with van der Waals surface area (Å²) in [5.74, 6) is -0.525. The third kappa shape index (κ3) is 5.16. The smallest absolute Gasteiger partial charge is 0.384 e. The van der Waals surface area contributed by atoms with Gasteiger partial charge >= 0.3 is 6.18 Å². The molecule has 2 amide bonds. The number of pyridine rings is 1. The van der Waals surface area contributed by atoms with Crippen LogP contribution in [0.5, 0.6) is 0 Å². The van der Waals surface area contributed by atoms with Crippen molar-refractivity contribution in [3.05, 3.63) is 65.0 Å². The second-order valence-electron chi connectivity index (χ2n) is 11.2. The number of aliphatic hydroxyl groups is 1. The lowest BCUT2D eigenvalue weighted by atomic mass is 9.62. The van der Waals surface area contributed by atoms with Gasteiger partial charge in [-0.3, -0.25) is 14.6 Å². The monoisotopic (exact) mass is 530 g/mol. The van der Waals surface area contributed by atoms with E-state index in [4.69, 9.17) is 0 Å². The fourth-order valence-electron chi connectivity index (χ4n) is 7.04. The van der Waals surface area contributed by atoms with Crippen molar-refractivity contribution in [2.75, 3.05) is 19.6 Å². The predicted octanol–water partition coefficient (Wildman–Crippen LogP) is 3.31. The van der Waals surface area contributed by atoms with Crippen molar-refractivity contribution in [2.24, 2.45) is 17.8 Å². The molecule has 5 rings (SSSR count). The maximum atomic E-state index is 13.0. The molecule has 1 aliphatic heterocycles. The lowest BCUT2D eigenvalue weighted by Gasteiger charge is -2.49. The largest absolute Gasteiger partial charge is 0.416 e. The molecule has 1 saturated heterocycles. The van der Waals surface area contributed by atoms with E-state index in [9.17, 15) is 27.9 Å². The van der Waals surface area contributed by atoms with E-state index in [-0.39, 0.29) is 35.8 Å². The normalized spacial score (nSPS) is 30.7. The van der Waals surface area contributed by atoms with Crippen LogP contribution in [0.3, 0.4) is 0 Å². The van der Waals surface area contributed by atoms with Crippen molar-refractivity contribution in [1.29, 1.82) is 0 Å². The number of halogens is 3. The summed E-state index contributed by atoms with van der Waals surface area (Å²) in [4.78, 5) is 30.0. The Hall–Kier alpha value is -2.98. The summed E-state index contributed by atoms with van der Waals surface area (Å²) in [6, 6.07) is 7.99. The number of nitrogens with zero attached hydrogens (tertiary/aromatic N) is 1. The van der Waals surface area contributed by atoms with Crippen molar-refractivity contribution in [1.82, 2.24) is 20.9 Å². The van der Waals surface area contributed by atoms with Crippen LogP contribution in [0.25, 0.3) is 0 Å². The highest BCUT2D eigenvalue weighted by Gasteiger charge is 2.58. The lowest BCUT2D eigenvalue weighted by molar-refractivity contribution is -0.137. The third-order valence-corrected chi connectivity index (χ3v) is 8.59. The number of nitrogens with one attached hydrogen (secondary N) is 3. The fraction of sp³-hybridized carbons (Fsp3) is 0.536. The topological polar surface area (TPSA) is 103 Å². The molecule has 2 heterocycles. The van der Waals surface area contributed by atoms with Crippen LogP contribution in [-0.2, 0) is 16.6 Å². The number of amides is 2. The Morgan fingerprint density at radius 2 is 1.89 bits per heavy atom. The quantitative estimate of drug-likeness (QED) is 0.459. The molecule has 7 nitrogen and oxygen atoms in total. The molecule has 3 aliphatic rings. The lowest BCUT2D eigenvalue weighted by Crippen LogP contribution is -2.61. The first-order valence-electron chi connectivity index (χ1n) is 13.1. The predicted molar refractivity (Wildman–Crippen MR) is 134 cm³/mol. The zero-order valence-electron chi connectivity index (χ0n) is 21.3. The number of rotatable bonds is 6. The van der Waals surface area contributed by atoms with E-state index < -0.39 is 28.8 Å². The fourth-order valence-corrected chi connectivity index (χ4v) is 7.04. The molecule has 1 aromatic heterocycles. The van der Waals surface area contributed by atoms with Gasteiger partial charge < -0.3 is 21.1 Å². The van der Waals surface area contributed by atoms with Crippen LogP contribution in [0.1, 0.15) is 59.3 Å². The van der Waals surface area contributed by atoms with Crippen LogP contribution >= 0.6 is 0 Å². The highest BCUT2D eigenvalue weighted by atomic mass is 19.4. The number of hydrogen-bond donors (Lipinski definition) is 4. The zero-order valence-corrected chi connectivity index (χ0v) is 21.3. The summed E-state index contributed by atoms with van der Waals surface area (Å²) in [5, 5.41) is 20.6. The summed E-state index contributed by atoms with van der Waals surface area (Å²) in [7, 11) is 0. The van der Waals surface area contributed by atoms with Crippen molar-refractivity contribution < 1.29 is 27.9 Å². The van der Waals surface area contributed by atoms with E-state index in [0.29, 0.717) is 25.1 Å². The Bertz CT molecular complexity index is 1180. The van der Waals surface area contributed by atoms with E-state index in [1.165, 1.54) is 12.1 Å². The number of aryl methyl sites for hydroxylation is 1. The Morgan fingerprint density at radius 3 is 2.50 bits per heavy atom. The minimum absolute atomic E-state index is 0.154. The van der Waals surface area contributed by atoms with Gasteiger partial charge in [-0.15, -0.1) is 0 Å². The summed E-state index contributed by atoms with van der Waals surface area (Å²) < 4.78 is 39.0. The van der Waals surface area contributed by atoms with Gasteiger partial charge in [-0.2, -0.15) is 13.2 Å². The molecule has 10 heteroatoms. The van der Waals surface area contributed by atoms with E-state index in [1.54, 1.807) is 6.20 Å². The molecule has 3 atom stereocenters. The van der Waals surface area contributed by atoms with Crippen LogP contribution in [0.4, 0.5) is 13.2 Å². The van der Waals surface area contributed by atoms with Gasteiger partial charge in [0, 0.05) is 18.3 Å². The standard InChI is InChI=1S/C28H33F3N4O3/c1-17-5-8-22(33-14-17)27(38)12-19-6-7-20(13-27)24(19)26(9-10-32-16-26)35-23(36)15-34-25(37)18-3-2-4-21(11-18)28(29,30)31/h2-5,8,11,14,19-20,24,32,38H,6-7,9-10,12-13,15-16H2,1H3,(H,34,37)(H,35,36)/t19?,20?,24?,26-,27?/m0/s1. The van der Waals surface area contributed by atoms with Crippen LogP contribution in [0, 0.1) is 24.7 Å². The average Bonchev–Trinajstić information content (AvgIpc) is 3.45. The molecular formula is C28H33F3N4O3. The number of aromatic nitrogens is 1. The molecule has 2 aliphatic carbocycles. The summed E-state index contributed by atoms with van der Waals surface area (Å²) in [5.41, 5.74) is -0.845. The molecule has 2 saturated carbocycles. The summed E-state index contributed by atoms with van der Waals surface area (Å²) in [6.45, 7) is 2.97. The van der Waals surface area contributed by atoms with Crippen molar-refractivity contribution in [2.45, 2.75) is 56.3 Å². The number of benzene rings is 1. The molecule has 1 aromatic carbocycles. The third-order valence-electron chi connectivity index (χ3n) is 8.59. The van der Waals surface area contributed by atoms with Gasteiger partial charge in [-0.1, -0.05) is 12.1 Å². The minimum atomic E-state index is -4.56. The molecule has 4 N–H and O–H groups in total. The first kappa shape index (κ1) is 26.6. The molecule has 2 bridgehead atoms. The Labute approximate surface area is 219 Å². The van der Waals surface area contributed by atoms with Crippen molar-refractivity contribution in [3.63, 3.8) is 0 Å². The van der Waals surface area contributed by atoms with Gasteiger partial charge in [0.2, 0.25) is 5.91 Å². The van der Waals surface area contributed by atoms with Crippen LogP contribution in [0.15, 0.2) is 42.6 Å². The van der Waals surface area contributed by atoms with Gasteiger partial charge in [0.05, 0.1) is 23.3 Å². The van der Waals surface area contributed by atoms with E-state index in [1.807, 2.05) is 19.1 Å². The molecule has 0 spiro atoms. The molecule has 2 aromatic rings. The highest BCUT2D eigenvalue weighted by molar-refractivity contribution is 5.96. The van der Waals surface area contributed by atoms with Crippen LogP contribution < -0.4 is 16.0 Å². The number of fused-ring (bicyclic) bond motifs is 2. The molecule has 3 fully saturated rings. The molecular weight excluding hydrogens is 497 g/mol. The van der Waals surface area contributed by atoms with Crippen LogP contribution in [0.2, 0.25) is 0 Å². The van der Waals surface area contributed by atoms with E-state index in [2.05, 4.69) is 20.9 Å². The SMILES string of the molecule is Cc1ccc(C2(O)CC3CCC(C2)C3[C@]2(NC(=O)CNC(=O)c3cccc(C(F)(F)F)c3)CCNC2)nc1. The van der Waals surface area contributed by atoms with E-state index >= 15 is 0 Å². The second-order valence-corrected chi connectivity index (χ2v) is 11.2. The maximum Gasteiger partial charge on any atom is 0.416 e. The number of hydrogen-bond acceptors (Lipinski definition) is 5. The molecule has 2 unspecified atom stereocenters. The Kier molecular flexibility index (Phi) is 6.98. The van der Waals surface area contributed by atoms with Crippen LogP contribution in [-0.4, -0.2) is 47.1 Å². The zero-order chi connectivity index (χ0) is 27.1. The van der Waals surface area contributed by atoms with Gasteiger partial charge in [0.25, 0.3) is 5.91 Å². The first-order valence-corrected chi connectivity index (χ1v) is 13.1.